The highest BCUT2D eigenvalue weighted by molar-refractivity contribution is 7.92. The Labute approximate surface area is 167 Å². The molecule has 154 valence electrons. The molecule has 29 heavy (non-hydrogen) atoms. The van der Waals surface area contributed by atoms with E-state index in [0.29, 0.717) is 22.6 Å². The van der Waals surface area contributed by atoms with Crippen LogP contribution in [-0.2, 0) is 22.7 Å². The van der Waals surface area contributed by atoms with E-state index in [1.54, 1.807) is 32.0 Å². The molecule has 0 aliphatic carbocycles. The van der Waals surface area contributed by atoms with Crippen molar-refractivity contribution in [1.29, 1.82) is 0 Å². The second-order valence-electron chi connectivity index (χ2n) is 6.82. The van der Waals surface area contributed by atoms with E-state index in [4.69, 9.17) is 0 Å². The van der Waals surface area contributed by atoms with Crippen molar-refractivity contribution in [2.75, 3.05) is 4.72 Å². The first-order valence-corrected chi connectivity index (χ1v) is 10.3. The van der Waals surface area contributed by atoms with Gasteiger partial charge in [-0.1, -0.05) is 29.8 Å². The zero-order valence-corrected chi connectivity index (χ0v) is 16.9. The summed E-state index contributed by atoms with van der Waals surface area (Å²) >= 11 is 0. The zero-order chi connectivity index (χ0) is 21.4. The standard InChI is InChI=1S/C20H20F3N3O2S/c1-13-7-9-18(10-8-13)29(27,28)25-19-14(2)24-26(15(19)3)12-16-5-4-6-17(11-16)20(21,22)23/h4-11,25H,12H2,1-3H3. The predicted molar refractivity (Wildman–Crippen MR) is 104 cm³/mol. The monoisotopic (exact) mass is 423 g/mol. The number of hydrogen-bond donors (Lipinski definition) is 1. The second-order valence-corrected chi connectivity index (χ2v) is 8.50. The number of halogens is 3. The molecule has 0 amide bonds. The number of nitrogens with one attached hydrogen (secondary N) is 1. The summed E-state index contributed by atoms with van der Waals surface area (Å²) in [5.74, 6) is 0. The highest BCUT2D eigenvalue weighted by Gasteiger charge is 2.30. The molecule has 1 aromatic heterocycles. The Morgan fingerprint density at radius 1 is 1.03 bits per heavy atom. The van der Waals surface area contributed by atoms with Crippen LogP contribution >= 0.6 is 0 Å². The molecule has 0 aliphatic rings. The summed E-state index contributed by atoms with van der Waals surface area (Å²) in [4.78, 5) is 0.118. The van der Waals surface area contributed by atoms with Gasteiger partial charge in [-0.3, -0.25) is 9.40 Å². The molecule has 0 fully saturated rings. The van der Waals surface area contributed by atoms with Gasteiger partial charge in [0.05, 0.1) is 34.1 Å². The molecule has 2 aromatic carbocycles. The van der Waals surface area contributed by atoms with Crippen molar-refractivity contribution in [2.45, 2.75) is 38.4 Å². The molecular formula is C20H20F3N3O2S. The molecule has 1 heterocycles. The Kier molecular flexibility index (Phi) is 5.44. The summed E-state index contributed by atoms with van der Waals surface area (Å²) < 4.78 is 68.1. The summed E-state index contributed by atoms with van der Waals surface area (Å²) in [6.45, 7) is 5.25. The van der Waals surface area contributed by atoms with Crippen LogP contribution in [0.3, 0.4) is 0 Å². The minimum Gasteiger partial charge on any atom is -0.276 e. The first-order valence-electron chi connectivity index (χ1n) is 8.77. The van der Waals surface area contributed by atoms with Gasteiger partial charge in [-0.05, 0) is 50.6 Å². The Morgan fingerprint density at radius 3 is 2.31 bits per heavy atom. The molecule has 0 aliphatic heterocycles. The van der Waals surface area contributed by atoms with Gasteiger partial charge in [0, 0.05) is 0 Å². The summed E-state index contributed by atoms with van der Waals surface area (Å²) in [6.07, 6.45) is -4.43. The minimum absolute atomic E-state index is 0.0862. The quantitative estimate of drug-likeness (QED) is 0.648. The summed E-state index contributed by atoms with van der Waals surface area (Å²) in [5.41, 5.74) is 1.87. The molecule has 0 atom stereocenters. The Bertz CT molecular complexity index is 1130. The van der Waals surface area contributed by atoms with E-state index < -0.39 is 21.8 Å². The number of benzene rings is 2. The van der Waals surface area contributed by atoms with Gasteiger partial charge >= 0.3 is 6.18 Å². The summed E-state index contributed by atoms with van der Waals surface area (Å²) in [7, 11) is -3.81. The van der Waals surface area contributed by atoms with E-state index in [0.717, 1.165) is 17.7 Å². The van der Waals surface area contributed by atoms with Crippen molar-refractivity contribution in [3.8, 4) is 0 Å². The lowest BCUT2D eigenvalue weighted by Crippen LogP contribution is -2.14. The highest BCUT2D eigenvalue weighted by Crippen LogP contribution is 2.30. The number of hydrogen-bond acceptors (Lipinski definition) is 3. The fourth-order valence-electron chi connectivity index (χ4n) is 2.93. The van der Waals surface area contributed by atoms with Gasteiger partial charge in [0.2, 0.25) is 0 Å². The summed E-state index contributed by atoms with van der Waals surface area (Å²) in [6, 6.07) is 11.4. The third-order valence-electron chi connectivity index (χ3n) is 4.54. The van der Waals surface area contributed by atoms with Gasteiger partial charge in [0.25, 0.3) is 10.0 Å². The largest absolute Gasteiger partial charge is 0.416 e. The number of sulfonamides is 1. The normalized spacial score (nSPS) is 12.2. The van der Waals surface area contributed by atoms with Crippen molar-refractivity contribution >= 4 is 15.7 Å². The average Bonchev–Trinajstić information content (AvgIpc) is 2.89. The van der Waals surface area contributed by atoms with Crippen molar-refractivity contribution in [2.24, 2.45) is 0 Å². The van der Waals surface area contributed by atoms with Crippen LogP contribution < -0.4 is 4.72 Å². The third kappa shape index (κ3) is 4.61. The number of aromatic nitrogens is 2. The molecule has 0 unspecified atom stereocenters. The molecule has 3 rings (SSSR count). The molecule has 1 N–H and O–H groups in total. The summed E-state index contributed by atoms with van der Waals surface area (Å²) in [5, 5.41) is 4.30. The van der Waals surface area contributed by atoms with Crippen molar-refractivity contribution in [3.05, 3.63) is 76.6 Å². The SMILES string of the molecule is Cc1ccc(S(=O)(=O)Nc2c(C)nn(Cc3cccc(C(F)(F)F)c3)c2C)cc1. The van der Waals surface area contributed by atoms with Crippen LogP contribution in [0.1, 0.15) is 28.1 Å². The lowest BCUT2D eigenvalue weighted by molar-refractivity contribution is -0.137. The second kappa shape index (κ2) is 7.55. The van der Waals surface area contributed by atoms with Crippen LogP contribution in [-0.4, -0.2) is 18.2 Å². The van der Waals surface area contributed by atoms with E-state index >= 15 is 0 Å². The van der Waals surface area contributed by atoms with Gasteiger partial charge in [0.15, 0.2) is 0 Å². The number of aryl methyl sites for hydroxylation is 2. The van der Waals surface area contributed by atoms with Crippen LogP contribution in [0.4, 0.5) is 18.9 Å². The maximum atomic E-state index is 12.9. The molecule has 5 nitrogen and oxygen atoms in total. The van der Waals surface area contributed by atoms with Gasteiger partial charge in [-0.2, -0.15) is 18.3 Å². The van der Waals surface area contributed by atoms with Gasteiger partial charge in [0.1, 0.15) is 0 Å². The Morgan fingerprint density at radius 2 is 1.69 bits per heavy atom. The zero-order valence-electron chi connectivity index (χ0n) is 16.1. The fourth-order valence-corrected chi connectivity index (χ4v) is 4.10. The average molecular weight is 423 g/mol. The maximum absolute atomic E-state index is 12.9. The fraction of sp³-hybridized carbons (Fsp3) is 0.250. The van der Waals surface area contributed by atoms with Crippen LogP contribution in [0.15, 0.2) is 53.4 Å². The molecule has 0 saturated carbocycles. The lowest BCUT2D eigenvalue weighted by Gasteiger charge is -2.11. The van der Waals surface area contributed by atoms with Gasteiger partial charge in [-0.15, -0.1) is 0 Å². The van der Waals surface area contributed by atoms with E-state index in [1.165, 1.54) is 22.9 Å². The van der Waals surface area contributed by atoms with Crippen molar-refractivity contribution < 1.29 is 21.6 Å². The highest BCUT2D eigenvalue weighted by atomic mass is 32.2. The lowest BCUT2D eigenvalue weighted by atomic mass is 10.1. The molecule has 0 spiro atoms. The molecule has 3 aromatic rings. The van der Waals surface area contributed by atoms with Gasteiger partial charge in [-0.25, -0.2) is 8.42 Å². The van der Waals surface area contributed by atoms with Gasteiger partial charge < -0.3 is 0 Å². The molecule has 0 saturated heterocycles. The van der Waals surface area contributed by atoms with Crippen molar-refractivity contribution in [1.82, 2.24) is 9.78 Å². The number of anilines is 1. The number of alkyl halides is 3. The maximum Gasteiger partial charge on any atom is 0.416 e. The number of nitrogens with zero attached hydrogens (tertiary/aromatic N) is 2. The minimum atomic E-state index is -4.43. The topological polar surface area (TPSA) is 64.0 Å². The van der Waals surface area contributed by atoms with Crippen molar-refractivity contribution in [3.63, 3.8) is 0 Å². The molecule has 0 radical (unpaired) electrons. The molecule has 0 bridgehead atoms. The van der Waals surface area contributed by atoms with Crippen LogP contribution in [0.5, 0.6) is 0 Å². The van der Waals surface area contributed by atoms with E-state index in [1.807, 2.05) is 6.92 Å². The van der Waals surface area contributed by atoms with E-state index in [-0.39, 0.29) is 11.4 Å². The van der Waals surface area contributed by atoms with Crippen LogP contribution in [0.2, 0.25) is 0 Å². The van der Waals surface area contributed by atoms with E-state index in [2.05, 4.69) is 9.82 Å². The molecule has 9 heteroatoms. The Hall–Kier alpha value is -2.81. The first-order chi connectivity index (χ1) is 13.5. The van der Waals surface area contributed by atoms with Crippen LogP contribution in [0, 0.1) is 20.8 Å². The smallest absolute Gasteiger partial charge is 0.276 e. The van der Waals surface area contributed by atoms with Crippen LogP contribution in [0.25, 0.3) is 0 Å². The Balaban J connectivity index is 1.88. The number of rotatable bonds is 5. The first kappa shape index (κ1) is 20.9. The third-order valence-corrected chi connectivity index (χ3v) is 5.90. The molecular weight excluding hydrogens is 403 g/mol. The predicted octanol–water partition coefficient (Wildman–Crippen LogP) is 4.68. The van der Waals surface area contributed by atoms with E-state index in [9.17, 15) is 21.6 Å².